The molecule has 2 N–H and O–H groups in total. The summed E-state index contributed by atoms with van der Waals surface area (Å²) in [6.07, 6.45) is 3.86. The van der Waals surface area contributed by atoms with Gasteiger partial charge in [-0.1, -0.05) is 18.5 Å². The number of carbonyl (C=O) groups is 1. The first-order valence-electron chi connectivity index (χ1n) is 6.83. The highest BCUT2D eigenvalue weighted by molar-refractivity contribution is 6.30. The SMILES string of the molecule is CC1CCC(CCl)(NC(=O)c2ccc(Cl)cc2O)CC1. The lowest BCUT2D eigenvalue weighted by Gasteiger charge is -2.38. The highest BCUT2D eigenvalue weighted by Gasteiger charge is 2.35. The molecule has 20 heavy (non-hydrogen) atoms. The summed E-state index contributed by atoms with van der Waals surface area (Å²) in [4.78, 5) is 12.3. The Hall–Kier alpha value is -0.930. The molecule has 0 unspecified atom stereocenters. The van der Waals surface area contributed by atoms with Crippen molar-refractivity contribution in [1.82, 2.24) is 5.32 Å². The van der Waals surface area contributed by atoms with Crippen molar-refractivity contribution < 1.29 is 9.90 Å². The number of hydrogen-bond donors (Lipinski definition) is 2. The minimum absolute atomic E-state index is 0.108. The van der Waals surface area contributed by atoms with E-state index in [9.17, 15) is 9.90 Å². The molecule has 1 amide bonds. The molecule has 1 fully saturated rings. The molecule has 0 bridgehead atoms. The molecular weight excluding hydrogens is 297 g/mol. The second-order valence-corrected chi connectivity index (χ2v) is 6.42. The number of amides is 1. The number of rotatable bonds is 3. The third-order valence-electron chi connectivity index (χ3n) is 4.07. The van der Waals surface area contributed by atoms with Gasteiger partial charge in [0.1, 0.15) is 5.75 Å². The van der Waals surface area contributed by atoms with Crippen LogP contribution in [0.1, 0.15) is 43.0 Å². The normalized spacial score (nSPS) is 26.2. The number of aromatic hydroxyl groups is 1. The number of benzene rings is 1. The molecule has 1 aromatic carbocycles. The average Bonchev–Trinajstić information content (AvgIpc) is 2.41. The summed E-state index contributed by atoms with van der Waals surface area (Å²) in [5.74, 6) is 0.658. The van der Waals surface area contributed by atoms with E-state index in [0.717, 1.165) is 25.7 Å². The second-order valence-electron chi connectivity index (χ2n) is 5.71. The number of hydrogen-bond acceptors (Lipinski definition) is 2. The topological polar surface area (TPSA) is 49.3 Å². The zero-order valence-corrected chi connectivity index (χ0v) is 13.0. The summed E-state index contributed by atoms with van der Waals surface area (Å²) in [5.41, 5.74) is -0.130. The van der Waals surface area contributed by atoms with Crippen LogP contribution < -0.4 is 5.32 Å². The van der Waals surface area contributed by atoms with E-state index in [1.54, 1.807) is 6.07 Å². The lowest BCUT2D eigenvalue weighted by molar-refractivity contribution is 0.0869. The van der Waals surface area contributed by atoms with Crippen LogP contribution in [0.4, 0.5) is 0 Å². The minimum atomic E-state index is -0.364. The maximum atomic E-state index is 12.3. The highest BCUT2D eigenvalue weighted by Crippen LogP contribution is 2.33. The molecule has 1 aliphatic rings. The van der Waals surface area contributed by atoms with Crippen LogP contribution in [0.2, 0.25) is 5.02 Å². The predicted molar refractivity (Wildman–Crippen MR) is 81.7 cm³/mol. The summed E-state index contributed by atoms with van der Waals surface area (Å²) >= 11 is 11.9. The summed E-state index contributed by atoms with van der Waals surface area (Å²) in [6, 6.07) is 4.49. The van der Waals surface area contributed by atoms with Crippen molar-refractivity contribution >= 4 is 29.1 Å². The molecule has 0 atom stereocenters. The third-order valence-corrected chi connectivity index (χ3v) is 4.82. The number of phenolic OH excluding ortho intramolecular Hbond substituents is 1. The van der Waals surface area contributed by atoms with E-state index >= 15 is 0 Å². The van der Waals surface area contributed by atoms with Gasteiger partial charge in [0.25, 0.3) is 5.91 Å². The molecule has 5 heteroatoms. The monoisotopic (exact) mass is 315 g/mol. The number of phenols is 1. The Labute approximate surface area is 129 Å². The van der Waals surface area contributed by atoms with Crippen molar-refractivity contribution in [3.05, 3.63) is 28.8 Å². The molecule has 0 spiro atoms. The highest BCUT2D eigenvalue weighted by atomic mass is 35.5. The Bertz CT molecular complexity index is 497. The van der Waals surface area contributed by atoms with Crippen LogP contribution in [0.5, 0.6) is 5.75 Å². The summed E-state index contributed by atoms with van der Waals surface area (Å²) in [7, 11) is 0. The maximum Gasteiger partial charge on any atom is 0.255 e. The van der Waals surface area contributed by atoms with Crippen molar-refractivity contribution in [3.8, 4) is 5.75 Å². The Morgan fingerprint density at radius 3 is 2.65 bits per heavy atom. The molecule has 1 aliphatic carbocycles. The molecule has 0 aliphatic heterocycles. The van der Waals surface area contributed by atoms with Crippen LogP contribution in [0.3, 0.4) is 0 Å². The Morgan fingerprint density at radius 1 is 1.45 bits per heavy atom. The fraction of sp³-hybridized carbons (Fsp3) is 0.533. The lowest BCUT2D eigenvalue weighted by Crippen LogP contribution is -2.52. The molecule has 0 aromatic heterocycles. The zero-order valence-electron chi connectivity index (χ0n) is 11.5. The standard InChI is InChI=1S/C15H19Cl2NO2/c1-10-4-6-15(9-16,7-5-10)18-14(20)12-3-2-11(17)8-13(12)19/h2-3,8,10,19H,4-7,9H2,1H3,(H,18,20). The van der Waals surface area contributed by atoms with E-state index < -0.39 is 0 Å². The van der Waals surface area contributed by atoms with Gasteiger partial charge in [0.2, 0.25) is 0 Å². The van der Waals surface area contributed by atoms with Gasteiger partial charge in [-0.25, -0.2) is 0 Å². The molecule has 1 aromatic rings. The minimum Gasteiger partial charge on any atom is -0.507 e. The first-order valence-corrected chi connectivity index (χ1v) is 7.74. The molecule has 0 radical (unpaired) electrons. The summed E-state index contributed by atoms with van der Waals surface area (Å²) < 4.78 is 0. The van der Waals surface area contributed by atoms with Crippen molar-refractivity contribution in [2.75, 3.05) is 5.88 Å². The Kier molecular flexibility index (Phi) is 4.82. The van der Waals surface area contributed by atoms with E-state index in [0.29, 0.717) is 16.8 Å². The molecule has 0 saturated heterocycles. The number of halogens is 2. The summed E-state index contributed by atoms with van der Waals surface area (Å²) in [6.45, 7) is 2.21. The van der Waals surface area contributed by atoms with Crippen molar-refractivity contribution in [1.29, 1.82) is 0 Å². The molecule has 2 rings (SSSR count). The van der Waals surface area contributed by atoms with E-state index in [1.807, 2.05) is 0 Å². The van der Waals surface area contributed by atoms with Crippen molar-refractivity contribution in [3.63, 3.8) is 0 Å². The Balaban J connectivity index is 2.13. The molecule has 110 valence electrons. The van der Waals surface area contributed by atoms with Gasteiger partial charge in [0.05, 0.1) is 11.1 Å². The quantitative estimate of drug-likeness (QED) is 0.829. The second kappa shape index (κ2) is 6.23. The van der Waals surface area contributed by atoms with Crippen molar-refractivity contribution in [2.24, 2.45) is 5.92 Å². The van der Waals surface area contributed by atoms with Crippen LogP contribution in [-0.2, 0) is 0 Å². The third kappa shape index (κ3) is 3.39. The number of nitrogens with one attached hydrogen (secondary N) is 1. The van der Waals surface area contributed by atoms with Gasteiger partial charge < -0.3 is 10.4 Å². The first-order chi connectivity index (χ1) is 9.46. The fourth-order valence-electron chi connectivity index (χ4n) is 2.61. The van der Waals surface area contributed by atoms with Gasteiger partial charge in [-0.05, 0) is 49.8 Å². The predicted octanol–water partition coefficient (Wildman–Crippen LogP) is 3.96. The summed E-state index contributed by atoms with van der Waals surface area (Å²) in [5, 5.41) is 13.2. The van der Waals surface area contributed by atoms with Gasteiger partial charge >= 0.3 is 0 Å². The Morgan fingerprint density at radius 2 is 2.10 bits per heavy atom. The van der Waals surface area contributed by atoms with Gasteiger partial charge in [0, 0.05) is 10.9 Å². The van der Waals surface area contributed by atoms with Crippen LogP contribution in [0.25, 0.3) is 0 Å². The first kappa shape index (κ1) is 15.5. The molecule has 0 heterocycles. The van der Waals surface area contributed by atoms with E-state index in [4.69, 9.17) is 23.2 Å². The number of carbonyl (C=O) groups excluding carboxylic acids is 1. The van der Waals surface area contributed by atoms with Crippen LogP contribution in [-0.4, -0.2) is 22.4 Å². The zero-order chi connectivity index (χ0) is 14.8. The lowest BCUT2D eigenvalue weighted by atomic mass is 9.78. The van der Waals surface area contributed by atoms with E-state index in [2.05, 4.69) is 12.2 Å². The molecular formula is C15H19Cl2NO2. The van der Waals surface area contributed by atoms with E-state index in [-0.39, 0.29) is 22.8 Å². The van der Waals surface area contributed by atoms with Crippen LogP contribution in [0.15, 0.2) is 18.2 Å². The van der Waals surface area contributed by atoms with E-state index in [1.165, 1.54) is 12.1 Å². The van der Waals surface area contributed by atoms with Gasteiger partial charge in [-0.3, -0.25) is 4.79 Å². The van der Waals surface area contributed by atoms with Crippen LogP contribution in [0, 0.1) is 5.92 Å². The van der Waals surface area contributed by atoms with Crippen LogP contribution >= 0.6 is 23.2 Å². The molecule has 1 saturated carbocycles. The average molecular weight is 316 g/mol. The smallest absolute Gasteiger partial charge is 0.255 e. The van der Waals surface area contributed by atoms with Gasteiger partial charge in [-0.15, -0.1) is 11.6 Å². The van der Waals surface area contributed by atoms with Gasteiger partial charge in [-0.2, -0.15) is 0 Å². The largest absolute Gasteiger partial charge is 0.507 e. The van der Waals surface area contributed by atoms with Gasteiger partial charge in [0.15, 0.2) is 0 Å². The fourth-order valence-corrected chi connectivity index (χ4v) is 3.11. The molecule has 3 nitrogen and oxygen atoms in total. The number of alkyl halides is 1. The maximum absolute atomic E-state index is 12.3. The van der Waals surface area contributed by atoms with Crippen molar-refractivity contribution in [2.45, 2.75) is 38.1 Å².